The van der Waals surface area contributed by atoms with Crippen molar-refractivity contribution in [3.8, 4) is 0 Å². The van der Waals surface area contributed by atoms with Crippen LogP contribution in [0.4, 0.5) is 4.39 Å². The molecule has 0 aliphatic carbocycles. The maximum absolute atomic E-state index is 13.2. The Morgan fingerprint density at radius 3 is 2.65 bits per heavy atom. The van der Waals surface area contributed by atoms with Crippen LogP contribution in [0.2, 0.25) is 5.02 Å². The lowest BCUT2D eigenvalue weighted by Gasteiger charge is -2.12. The van der Waals surface area contributed by atoms with Gasteiger partial charge in [0.05, 0.1) is 11.1 Å². The first-order valence-corrected chi connectivity index (χ1v) is 6.66. The van der Waals surface area contributed by atoms with Gasteiger partial charge in [0.25, 0.3) is 0 Å². The van der Waals surface area contributed by atoms with Crippen molar-refractivity contribution in [1.29, 1.82) is 0 Å². The molecule has 1 atom stereocenters. The molecule has 0 amide bonds. The number of benzene rings is 1. The number of rotatable bonds is 7. The van der Waals surface area contributed by atoms with Gasteiger partial charge in [0.15, 0.2) is 0 Å². The van der Waals surface area contributed by atoms with E-state index in [4.69, 9.17) is 11.6 Å². The Bertz CT molecular complexity index is 341. The van der Waals surface area contributed by atoms with Gasteiger partial charge in [-0.1, -0.05) is 62.8 Å². The monoisotopic (exact) mass is 258 g/mol. The van der Waals surface area contributed by atoms with Crippen molar-refractivity contribution < 1.29 is 9.50 Å². The largest absolute Gasteiger partial charge is 0.388 e. The fraction of sp³-hybridized carbons (Fsp3) is 0.571. The van der Waals surface area contributed by atoms with Crippen LogP contribution >= 0.6 is 11.6 Å². The third-order valence-electron chi connectivity index (χ3n) is 2.92. The Labute approximate surface area is 108 Å². The highest BCUT2D eigenvalue weighted by atomic mass is 35.5. The number of hydrogen-bond acceptors (Lipinski definition) is 1. The summed E-state index contributed by atoms with van der Waals surface area (Å²) in [6.45, 7) is 2.17. The van der Waals surface area contributed by atoms with Crippen molar-refractivity contribution in [2.24, 2.45) is 0 Å². The minimum atomic E-state index is -0.653. The molecule has 1 aromatic carbocycles. The molecular weight excluding hydrogens is 239 g/mol. The van der Waals surface area contributed by atoms with Crippen LogP contribution in [0.15, 0.2) is 18.2 Å². The van der Waals surface area contributed by atoms with Gasteiger partial charge in [0.1, 0.15) is 5.82 Å². The molecule has 17 heavy (non-hydrogen) atoms. The fourth-order valence-electron chi connectivity index (χ4n) is 1.87. The molecule has 0 spiro atoms. The number of aliphatic hydroxyl groups excluding tert-OH is 1. The van der Waals surface area contributed by atoms with Gasteiger partial charge in [-0.15, -0.1) is 0 Å². The van der Waals surface area contributed by atoms with Gasteiger partial charge in [-0.25, -0.2) is 4.39 Å². The molecule has 0 saturated carbocycles. The summed E-state index contributed by atoms with van der Waals surface area (Å²) in [4.78, 5) is 0. The zero-order chi connectivity index (χ0) is 12.7. The maximum atomic E-state index is 13.2. The van der Waals surface area contributed by atoms with E-state index in [2.05, 4.69) is 6.92 Å². The summed E-state index contributed by atoms with van der Waals surface area (Å²) in [5.74, 6) is -0.464. The molecule has 0 bridgehead atoms. The van der Waals surface area contributed by atoms with E-state index in [0.717, 1.165) is 12.8 Å². The molecule has 1 rings (SSSR count). The molecule has 1 nitrogen and oxygen atoms in total. The van der Waals surface area contributed by atoms with E-state index in [1.807, 2.05) is 0 Å². The lowest BCUT2D eigenvalue weighted by Crippen LogP contribution is -1.99. The molecule has 0 aliphatic heterocycles. The van der Waals surface area contributed by atoms with Crippen LogP contribution in [0.1, 0.15) is 57.1 Å². The van der Waals surface area contributed by atoms with Crippen molar-refractivity contribution in [2.75, 3.05) is 0 Å². The quantitative estimate of drug-likeness (QED) is 0.692. The SMILES string of the molecule is CCCCCCCC(O)c1cccc(F)c1Cl. The standard InChI is InChI=1S/C14H20ClFO/c1-2-3-4-5-6-10-13(17)11-8-7-9-12(16)14(11)15/h7-9,13,17H,2-6,10H2,1H3. The summed E-state index contributed by atoms with van der Waals surface area (Å²) in [5, 5.41) is 9.98. The van der Waals surface area contributed by atoms with Crippen LogP contribution in [0, 0.1) is 5.82 Å². The van der Waals surface area contributed by atoms with Crippen LogP contribution < -0.4 is 0 Å². The van der Waals surface area contributed by atoms with Gasteiger partial charge in [-0.2, -0.15) is 0 Å². The highest BCUT2D eigenvalue weighted by Gasteiger charge is 2.13. The Morgan fingerprint density at radius 1 is 1.24 bits per heavy atom. The summed E-state index contributed by atoms with van der Waals surface area (Å²) in [7, 11) is 0. The average Bonchev–Trinajstić information content (AvgIpc) is 2.32. The van der Waals surface area contributed by atoms with Crippen LogP contribution in [0.3, 0.4) is 0 Å². The molecule has 1 aromatic rings. The van der Waals surface area contributed by atoms with Gasteiger partial charge in [0.2, 0.25) is 0 Å². The molecule has 0 saturated heterocycles. The Morgan fingerprint density at radius 2 is 1.94 bits per heavy atom. The number of aliphatic hydroxyl groups is 1. The van der Waals surface area contributed by atoms with E-state index in [-0.39, 0.29) is 5.02 Å². The van der Waals surface area contributed by atoms with Crippen LogP contribution in [-0.4, -0.2) is 5.11 Å². The van der Waals surface area contributed by atoms with E-state index < -0.39 is 11.9 Å². The zero-order valence-corrected chi connectivity index (χ0v) is 11.0. The second-order valence-corrected chi connectivity index (χ2v) is 4.74. The van der Waals surface area contributed by atoms with Gasteiger partial charge in [0, 0.05) is 5.56 Å². The summed E-state index contributed by atoms with van der Waals surface area (Å²) in [5.41, 5.74) is 0.502. The Balaban J connectivity index is 2.41. The topological polar surface area (TPSA) is 20.2 Å². The molecule has 3 heteroatoms. The minimum absolute atomic E-state index is 0.0496. The lowest BCUT2D eigenvalue weighted by atomic mass is 10.0. The third kappa shape index (κ3) is 4.64. The van der Waals surface area contributed by atoms with E-state index in [9.17, 15) is 9.50 Å². The van der Waals surface area contributed by atoms with Crippen molar-refractivity contribution in [3.63, 3.8) is 0 Å². The molecule has 1 N–H and O–H groups in total. The Hall–Kier alpha value is -0.600. The molecule has 1 unspecified atom stereocenters. The summed E-state index contributed by atoms with van der Waals surface area (Å²) < 4.78 is 13.2. The van der Waals surface area contributed by atoms with Crippen molar-refractivity contribution in [2.45, 2.75) is 51.6 Å². The predicted octanol–water partition coefficient (Wildman–Crippen LogP) is 4.87. The molecule has 0 radical (unpaired) electrons. The first kappa shape index (κ1) is 14.5. The highest BCUT2D eigenvalue weighted by molar-refractivity contribution is 6.31. The van der Waals surface area contributed by atoms with Crippen molar-refractivity contribution >= 4 is 11.6 Å². The summed E-state index contributed by atoms with van der Waals surface area (Å²) in [6, 6.07) is 4.57. The lowest BCUT2D eigenvalue weighted by molar-refractivity contribution is 0.163. The second-order valence-electron chi connectivity index (χ2n) is 4.36. The molecular formula is C14H20ClFO. The van der Waals surface area contributed by atoms with Gasteiger partial charge >= 0.3 is 0 Å². The highest BCUT2D eigenvalue weighted by Crippen LogP contribution is 2.28. The average molecular weight is 259 g/mol. The number of unbranched alkanes of at least 4 members (excludes halogenated alkanes) is 4. The minimum Gasteiger partial charge on any atom is -0.388 e. The van der Waals surface area contributed by atoms with Crippen molar-refractivity contribution in [3.05, 3.63) is 34.6 Å². The number of halogens is 2. The summed E-state index contributed by atoms with van der Waals surface area (Å²) in [6.07, 6.45) is 5.69. The van der Waals surface area contributed by atoms with Gasteiger partial charge in [-0.05, 0) is 12.5 Å². The van der Waals surface area contributed by atoms with Crippen LogP contribution in [-0.2, 0) is 0 Å². The van der Waals surface area contributed by atoms with Gasteiger partial charge < -0.3 is 5.11 Å². The smallest absolute Gasteiger partial charge is 0.142 e. The fourth-order valence-corrected chi connectivity index (χ4v) is 2.13. The molecule has 96 valence electrons. The van der Waals surface area contributed by atoms with Crippen molar-refractivity contribution in [1.82, 2.24) is 0 Å². The zero-order valence-electron chi connectivity index (χ0n) is 10.3. The number of hydrogen-bond donors (Lipinski definition) is 1. The first-order valence-electron chi connectivity index (χ1n) is 6.28. The Kier molecular flexibility index (Phi) is 6.53. The predicted molar refractivity (Wildman–Crippen MR) is 69.7 cm³/mol. The van der Waals surface area contributed by atoms with E-state index in [1.165, 1.54) is 25.3 Å². The third-order valence-corrected chi connectivity index (χ3v) is 3.32. The molecule has 0 aromatic heterocycles. The maximum Gasteiger partial charge on any atom is 0.142 e. The first-order chi connectivity index (χ1) is 8.16. The van der Waals surface area contributed by atoms with E-state index in [1.54, 1.807) is 12.1 Å². The van der Waals surface area contributed by atoms with Gasteiger partial charge in [-0.3, -0.25) is 0 Å². The van der Waals surface area contributed by atoms with E-state index >= 15 is 0 Å². The molecule has 0 fully saturated rings. The second kappa shape index (κ2) is 7.67. The van der Waals surface area contributed by atoms with E-state index in [0.29, 0.717) is 12.0 Å². The normalized spacial score (nSPS) is 12.7. The summed E-state index contributed by atoms with van der Waals surface area (Å²) >= 11 is 5.82. The van der Waals surface area contributed by atoms with Crippen LogP contribution in [0.25, 0.3) is 0 Å². The molecule has 0 aliphatic rings. The van der Waals surface area contributed by atoms with Crippen LogP contribution in [0.5, 0.6) is 0 Å². The molecule has 0 heterocycles.